The average Bonchev–Trinajstić information content (AvgIpc) is 2.95. The summed E-state index contributed by atoms with van der Waals surface area (Å²) < 4.78 is 10.1. The van der Waals surface area contributed by atoms with Gasteiger partial charge in [0.05, 0.1) is 25.3 Å². The first kappa shape index (κ1) is 24.3. The summed E-state index contributed by atoms with van der Waals surface area (Å²) in [5.41, 5.74) is 0.483. The minimum absolute atomic E-state index is 0.0251. The summed E-state index contributed by atoms with van der Waals surface area (Å²) in [5.74, 6) is -1.84. The van der Waals surface area contributed by atoms with Gasteiger partial charge in [-0.05, 0) is 26.5 Å². The van der Waals surface area contributed by atoms with Crippen LogP contribution < -0.4 is 5.32 Å². The summed E-state index contributed by atoms with van der Waals surface area (Å²) >= 11 is 0.938. The SMILES string of the molecule is C=CCOC(=O)c1sc(NC(=O)CN(C)CC(=O)N(C)C)c(C(=O)OCC)c1C. The van der Waals surface area contributed by atoms with Crippen LogP contribution in [0.25, 0.3) is 0 Å². The maximum atomic E-state index is 12.4. The summed E-state index contributed by atoms with van der Waals surface area (Å²) in [7, 11) is 4.89. The van der Waals surface area contributed by atoms with E-state index in [-0.39, 0.29) is 47.7 Å². The van der Waals surface area contributed by atoms with Crippen LogP contribution in [0.5, 0.6) is 0 Å². The monoisotopic (exact) mass is 425 g/mol. The van der Waals surface area contributed by atoms with Gasteiger partial charge in [0.1, 0.15) is 16.5 Å². The molecular formula is C19H27N3O6S. The molecule has 1 aromatic heterocycles. The maximum Gasteiger partial charge on any atom is 0.348 e. The van der Waals surface area contributed by atoms with Crippen molar-refractivity contribution in [3.05, 3.63) is 28.7 Å². The molecule has 9 nitrogen and oxygen atoms in total. The lowest BCUT2D eigenvalue weighted by molar-refractivity contribution is -0.130. The fourth-order valence-electron chi connectivity index (χ4n) is 2.28. The van der Waals surface area contributed by atoms with Crippen molar-refractivity contribution < 1.29 is 28.7 Å². The van der Waals surface area contributed by atoms with Gasteiger partial charge < -0.3 is 19.7 Å². The van der Waals surface area contributed by atoms with Crippen molar-refractivity contribution in [1.29, 1.82) is 0 Å². The van der Waals surface area contributed by atoms with Crippen LogP contribution in [0, 0.1) is 6.92 Å². The molecule has 0 fully saturated rings. The molecule has 0 bridgehead atoms. The molecule has 0 saturated heterocycles. The number of amides is 2. The van der Waals surface area contributed by atoms with E-state index in [0.717, 1.165) is 11.3 Å². The Morgan fingerprint density at radius 1 is 1.10 bits per heavy atom. The molecule has 0 aliphatic carbocycles. The van der Waals surface area contributed by atoms with Gasteiger partial charge in [0.25, 0.3) is 0 Å². The van der Waals surface area contributed by atoms with Gasteiger partial charge in [-0.1, -0.05) is 12.7 Å². The van der Waals surface area contributed by atoms with E-state index in [0.29, 0.717) is 5.56 Å². The van der Waals surface area contributed by atoms with Crippen LogP contribution in [-0.2, 0) is 19.1 Å². The third-order valence-electron chi connectivity index (χ3n) is 3.71. The lowest BCUT2D eigenvalue weighted by atomic mass is 10.1. The number of carbonyl (C=O) groups is 4. The molecule has 0 aliphatic heterocycles. The predicted octanol–water partition coefficient (Wildman–Crippen LogP) is 1.53. The van der Waals surface area contributed by atoms with E-state index < -0.39 is 17.8 Å². The van der Waals surface area contributed by atoms with Crippen molar-refractivity contribution in [2.45, 2.75) is 13.8 Å². The molecule has 0 radical (unpaired) electrons. The van der Waals surface area contributed by atoms with Gasteiger partial charge in [-0.2, -0.15) is 0 Å². The highest BCUT2D eigenvalue weighted by atomic mass is 32.1. The zero-order valence-electron chi connectivity index (χ0n) is 17.4. The van der Waals surface area contributed by atoms with Crippen LogP contribution in [0.1, 0.15) is 32.5 Å². The summed E-state index contributed by atoms with van der Waals surface area (Å²) in [6, 6.07) is 0. The Balaban J connectivity index is 3.04. The number of hydrogen-bond donors (Lipinski definition) is 1. The Hall–Kier alpha value is -2.72. The molecule has 1 aromatic rings. The Labute approximate surface area is 174 Å². The van der Waals surface area contributed by atoms with E-state index in [1.807, 2.05) is 0 Å². The third-order valence-corrected chi connectivity index (χ3v) is 4.90. The zero-order valence-corrected chi connectivity index (χ0v) is 18.2. The molecule has 1 N–H and O–H groups in total. The molecule has 0 aliphatic rings. The van der Waals surface area contributed by atoms with E-state index in [4.69, 9.17) is 9.47 Å². The second-order valence-electron chi connectivity index (χ2n) is 6.38. The summed E-state index contributed by atoms with van der Waals surface area (Å²) in [5, 5.41) is 2.84. The van der Waals surface area contributed by atoms with Crippen molar-refractivity contribution in [2.75, 3.05) is 52.8 Å². The van der Waals surface area contributed by atoms with Crippen molar-refractivity contribution in [3.63, 3.8) is 0 Å². The topological polar surface area (TPSA) is 105 Å². The molecular weight excluding hydrogens is 398 g/mol. The summed E-state index contributed by atoms with van der Waals surface area (Å²) in [4.78, 5) is 51.9. The highest BCUT2D eigenvalue weighted by Gasteiger charge is 2.27. The molecule has 10 heteroatoms. The molecule has 0 unspecified atom stereocenters. The number of carbonyl (C=O) groups excluding carboxylic acids is 4. The highest BCUT2D eigenvalue weighted by Crippen LogP contribution is 2.34. The Morgan fingerprint density at radius 3 is 2.31 bits per heavy atom. The van der Waals surface area contributed by atoms with Gasteiger partial charge in [0, 0.05) is 14.1 Å². The molecule has 29 heavy (non-hydrogen) atoms. The van der Waals surface area contributed by atoms with Crippen LogP contribution in [0.15, 0.2) is 12.7 Å². The van der Waals surface area contributed by atoms with Crippen molar-refractivity contribution >= 4 is 40.1 Å². The minimum atomic E-state index is -0.643. The minimum Gasteiger partial charge on any atom is -0.462 e. The van der Waals surface area contributed by atoms with Crippen LogP contribution in [-0.4, -0.2) is 81.0 Å². The van der Waals surface area contributed by atoms with E-state index in [9.17, 15) is 19.2 Å². The summed E-state index contributed by atoms with van der Waals surface area (Å²) in [6.45, 7) is 6.89. The Morgan fingerprint density at radius 2 is 1.76 bits per heavy atom. The number of nitrogens with one attached hydrogen (secondary N) is 1. The van der Waals surface area contributed by atoms with E-state index >= 15 is 0 Å². The number of hydrogen-bond acceptors (Lipinski definition) is 8. The standard InChI is InChI=1S/C19H27N3O6S/c1-7-9-28-19(26)16-12(3)15(18(25)27-8-2)17(29-16)20-13(23)10-22(6)11-14(24)21(4)5/h7H,1,8-11H2,2-6H3,(H,20,23). The first-order valence-electron chi connectivity index (χ1n) is 8.89. The van der Waals surface area contributed by atoms with Crippen LogP contribution in [0.3, 0.4) is 0 Å². The number of likely N-dealkylation sites (N-methyl/N-ethyl adjacent to an activating group) is 2. The molecule has 0 spiro atoms. The molecule has 1 rings (SSSR count). The molecule has 1 heterocycles. The fourth-order valence-corrected chi connectivity index (χ4v) is 3.39. The van der Waals surface area contributed by atoms with Gasteiger partial charge in [-0.15, -0.1) is 11.3 Å². The highest BCUT2D eigenvalue weighted by molar-refractivity contribution is 7.18. The van der Waals surface area contributed by atoms with Gasteiger partial charge in [-0.3, -0.25) is 14.5 Å². The first-order valence-corrected chi connectivity index (χ1v) is 9.71. The van der Waals surface area contributed by atoms with Crippen LogP contribution in [0.2, 0.25) is 0 Å². The maximum absolute atomic E-state index is 12.4. The van der Waals surface area contributed by atoms with Gasteiger partial charge in [0.2, 0.25) is 11.8 Å². The van der Waals surface area contributed by atoms with Crippen molar-refractivity contribution in [3.8, 4) is 0 Å². The lowest BCUT2D eigenvalue weighted by Gasteiger charge is -2.18. The number of rotatable bonds is 10. The normalized spacial score (nSPS) is 10.4. The smallest absolute Gasteiger partial charge is 0.348 e. The average molecular weight is 426 g/mol. The van der Waals surface area contributed by atoms with Crippen LogP contribution in [0.4, 0.5) is 5.00 Å². The third kappa shape index (κ3) is 6.99. The molecule has 0 atom stereocenters. The zero-order chi connectivity index (χ0) is 22.1. The predicted molar refractivity (Wildman–Crippen MR) is 110 cm³/mol. The first-order chi connectivity index (χ1) is 13.6. The number of nitrogens with zero attached hydrogens (tertiary/aromatic N) is 2. The number of anilines is 1. The van der Waals surface area contributed by atoms with Crippen LogP contribution >= 0.6 is 11.3 Å². The second kappa shape index (κ2) is 11.3. The molecule has 2 amide bonds. The second-order valence-corrected chi connectivity index (χ2v) is 7.40. The van der Waals surface area contributed by atoms with Crippen molar-refractivity contribution in [2.24, 2.45) is 0 Å². The van der Waals surface area contributed by atoms with Gasteiger partial charge in [-0.25, -0.2) is 9.59 Å². The number of thiophene rings is 1. The molecule has 0 aromatic carbocycles. The van der Waals surface area contributed by atoms with E-state index in [1.54, 1.807) is 39.9 Å². The summed E-state index contributed by atoms with van der Waals surface area (Å²) in [6.07, 6.45) is 1.43. The van der Waals surface area contributed by atoms with Gasteiger partial charge >= 0.3 is 11.9 Å². The number of esters is 2. The Kier molecular flexibility index (Phi) is 9.49. The van der Waals surface area contributed by atoms with Crippen molar-refractivity contribution in [1.82, 2.24) is 9.80 Å². The Bertz CT molecular complexity index is 787. The molecule has 0 saturated carbocycles. The van der Waals surface area contributed by atoms with Gasteiger partial charge in [0.15, 0.2) is 0 Å². The largest absolute Gasteiger partial charge is 0.462 e. The molecule has 160 valence electrons. The van der Waals surface area contributed by atoms with E-state index in [1.165, 1.54) is 11.0 Å². The number of ether oxygens (including phenoxy) is 2. The fraction of sp³-hybridized carbons (Fsp3) is 0.474. The van der Waals surface area contributed by atoms with E-state index in [2.05, 4.69) is 11.9 Å². The lowest BCUT2D eigenvalue weighted by Crippen LogP contribution is -2.38. The quantitative estimate of drug-likeness (QED) is 0.448.